The summed E-state index contributed by atoms with van der Waals surface area (Å²) in [5.74, 6) is -0.938. The zero-order valence-corrected chi connectivity index (χ0v) is 15.9. The van der Waals surface area contributed by atoms with Crippen LogP contribution in [0.1, 0.15) is 25.7 Å². The van der Waals surface area contributed by atoms with Crippen LogP contribution in [-0.2, 0) is 47.5 Å². The van der Waals surface area contributed by atoms with Gasteiger partial charge in [-0.05, 0) is 0 Å². The van der Waals surface area contributed by atoms with Crippen molar-refractivity contribution < 1.29 is 47.5 Å². The lowest BCUT2D eigenvalue weighted by molar-refractivity contribution is -0.266. The van der Waals surface area contributed by atoms with E-state index in [-0.39, 0.29) is 26.1 Å². The van der Waals surface area contributed by atoms with Crippen molar-refractivity contribution in [1.29, 1.82) is 0 Å². The Morgan fingerprint density at radius 2 is 0.962 bits per heavy atom. The first-order valence-electron chi connectivity index (χ1n) is 8.23. The predicted octanol–water partition coefficient (Wildman–Crippen LogP) is 0.819. The third kappa shape index (κ3) is 13.9. The van der Waals surface area contributed by atoms with Crippen molar-refractivity contribution in [1.82, 2.24) is 0 Å². The number of esters is 2. The lowest BCUT2D eigenvalue weighted by Crippen LogP contribution is -2.19. The Morgan fingerprint density at radius 3 is 1.27 bits per heavy atom. The zero-order valence-electron chi connectivity index (χ0n) is 15.9. The highest BCUT2D eigenvalue weighted by atomic mass is 16.8. The Labute approximate surface area is 153 Å². The third-order valence-corrected chi connectivity index (χ3v) is 2.91. The molecule has 0 spiro atoms. The van der Waals surface area contributed by atoms with Gasteiger partial charge in [0.1, 0.15) is 0 Å². The summed E-state index contributed by atoms with van der Waals surface area (Å²) in [6.45, 7) is -0.466. The van der Waals surface area contributed by atoms with Crippen LogP contribution in [-0.4, -0.2) is 79.8 Å². The fourth-order valence-electron chi connectivity index (χ4n) is 1.66. The lowest BCUT2D eigenvalue weighted by atomic mass is 10.3. The van der Waals surface area contributed by atoms with Crippen molar-refractivity contribution >= 4 is 11.9 Å². The smallest absolute Gasteiger partial charge is 0.306 e. The fraction of sp³-hybridized carbons (Fsp3) is 0.875. The number of carbonyl (C=O) groups is 2. The number of ether oxygens (including phenoxy) is 8. The van der Waals surface area contributed by atoms with Crippen LogP contribution in [0, 0.1) is 0 Å². The van der Waals surface area contributed by atoms with Gasteiger partial charge in [-0.3, -0.25) is 9.59 Å². The van der Waals surface area contributed by atoms with E-state index in [2.05, 4.69) is 0 Å². The molecule has 0 radical (unpaired) electrons. The molecule has 0 saturated carbocycles. The van der Waals surface area contributed by atoms with Gasteiger partial charge in [0.15, 0.2) is 0 Å². The molecule has 0 aliphatic carbocycles. The van der Waals surface area contributed by atoms with Gasteiger partial charge in [0, 0.05) is 41.3 Å². The molecule has 10 nitrogen and oxygen atoms in total. The summed E-state index contributed by atoms with van der Waals surface area (Å²) in [5, 5.41) is 0. The van der Waals surface area contributed by atoms with Crippen molar-refractivity contribution in [3.05, 3.63) is 0 Å². The van der Waals surface area contributed by atoms with E-state index in [4.69, 9.17) is 37.9 Å². The highest BCUT2D eigenvalue weighted by molar-refractivity contribution is 5.77. The number of hydrogen-bond donors (Lipinski definition) is 0. The van der Waals surface area contributed by atoms with E-state index in [0.717, 1.165) is 0 Å². The molecule has 0 aliphatic rings. The summed E-state index contributed by atoms with van der Waals surface area (Å²) in [5.41, 5.74) is 0. The maximum atomic E-state index is 11.5. The largest absolute Gasteiger partial charge is 0.466 e. The molecule has 0 bridgehead atoms. The van der Waals surface area contributed by atoms with Crippen molar-refractivity contribution in [3.63, 3.8) is 0 Å². The molecule has 0 unspecified atom stereocenters. The number of methoxy groups -OCH3 is 4. The highest BCUT2D eigenvalue weighted by Gasteiger charge is 2.10. The molecule has 0 aromatic rings. The highest BCUT2D eigenvalue weighted by Crippen LogP contribution is 2.00. The first-order valence-corrected chi connectivity index (χ1v) is 8.23. The third-order valence-electron chi connectivity index (χ3n) is 2.91. The summed E-state index contributed by atoms with van der Waals surface area (Å²) in [6, 6.07) is 0. The SMILES string of the molecule is COC(OC)OCCCOC(=O)CCC(=O)OCCCOC(OC)OC. The van der Waals surface area contributed by atoms with Gasteiger partial charge in [-0.15, -0.1) is 0 Å². The van der Waals surface area contributed by atoms with E-state index in [0.29, 0.717) is 26.1 Å². The maximum absolute atomic E-state index is 11.5. The topological polar surface area (TPSA) is 108 Å². The zero-order chi connectivity index (χ0) is 19.6. The van der Waals surface area contributed by atoms with E-state index < -0.39 is 24.9 Å². The average molecular weight is 382 g/mol. The Hall–Kier alpha value is -1.30. The van der Waals surface area contributed by atoms with Crippen LogP contribution in [0.4, 0.5) is 0 Å². The molecule has 0 N–H and O–H groups in total. The fourth-order valence-corrected chi connectivity index (χ4v) is 1.66. The minimum absolute atomic E-state index is 0.0373. The molecular weight excluding hydrogens is 352 g/mol. The molecule has 0 aromatic carbocycles. The van der Waals surface area contributed by atoms with E-state index in [1.807, 2.05) is 0 Å². The standard InChI is InChI=1S/C16H30O10/c1-19-15(20-2)25-11-5-9-23-13(17)7-8-14(18)24-10-6-12-26-16(21-3)22-4/h15-16H,5-12H2,1-4H3. The summed E-state index contributed by atoms with van der Waals surface area (Å²) < 4.78 is 39.7. The van der Waals surface area contributed by atoms with Gasteiger partial charge in [-0.2, -0.15) is 0 Å². The Kier molecular flexibility index (Phi) is 16.3. The molecule has 0 rings (SSSR count). The van der Waals surface area contributed by atoms with Crippen molar-refractivity contribution in [2.75, 3.05) is 54.9 Å². The molecule has 0 fully saturated rings. The van der Waals surface area contributed by atoms with Crippen LogP contribution in [0.3, 0.4) is 0 Å². The number of hydrogen-bond acceptors (Lipinski definition) is 10. The predicted molar refractivity (Wildman–Crippen MR) is 87.9 cm³/mol. The molecule has 26 heavy (non-hydrogen) atoms. The Morgan fingerprint density at radius 1 is 0.615 bits per heavy atom. The van der Waals surface area contributed by atoms with Crippen LogP contribution in [0.25, 0.3) is 0 Å². The first-order chi connectivity index (χ1) is 12.6. The molecule has 0 saturated heterocycles. The maximum Gasteiger partial charge on any atom is 0.306 e. The van der Waals surface area contributed by atoms with Crippen LogP contribution >= 0.6 is 0 Å². The molecule has 0 aromatic heterocycles. The summed E-state index contributed by atoms with van der Waals surface area (Å²) in [6.07, 6.45) is 0.904. The van der Waals surface area contributed by atoms with Crippen LogP contribution in [0.2, 0.25) is 0 Å². The van der Waals surface area contributed by atoms with Gasteiger partial charge in [0.2, 0.25) is 0 Å². The minimum atomic E-state index is -0.735. The molecule has 154 valence electrons. The summed E-state index contributed by atoms with van der Waals surface area (Å²) in [7, 11) is 5.82. The molecule has 0 amide bonds. The second-order valence-corrected chi connectivity index (χ2v) is 4.91. The van der Waals surface area contributed by atoms with Gasteiger partial charge in [0.25, 0.3) is 13.0 Å². The van der Waals surface area contributed by atoms with E-state index in [1.54, 1.807) is 0 Å². The number of carbonyl (C=O) groups excluding carboxylic acids is 2. The van der Waals surface area contributed by atoms with Crippen molar-refractivity contribution in [2.24, 2.45) is 0 Å². The molecular formula is C16H30O10. The lowest BCUT2D eigenvalue weighted by Gasteiger charge is -2.13. The van der Waals surface area contributed by atoms with E-state index in [1.165, 1.54) is 28.4 Å². The van der Waals surface area contributed by atoms with E-state index >= 15 is 0 Å². The second kappa shape index (κ2) is 17.1. The van der Waals surface area contributed by atoms with Crippen molar-refractivity contribution in [2.45, 2.75) is 38.6 Å². The normalized spacial score (nSPS) is 11.2. The van der Waals surface area contributed by atoms with Gasteiger partial charge >= 0.3 is 11.9 Å². The number of rotatable bonds is 17. The summed E-state index contributed by atoms with van der Waals surface area (Å²) >= 11 is 0. The van der Waals surface area contributed by atoms with Crippen LogP contribution < -0.4 is 0 Å². The van der Waals surface area contributed by atoms with Gasteiger partial charge < -0.3 is 37.9 Å². The quantitative estimate of drug-likeness (QED) is 0.204. The Balaban J connectivity index is 3.54. The molecule has 0 atom stereocenters. The second-order valence-electron chi connectivity index (χ2n) is 4.91. The van der Waals surface area contributed by atoms with Gasteiger partial charge in [-0.25, -0.2) is 0 Å². The average Bonchev–Trinajstić information content (AvgIpc) is 2.66. The van der Waals surface area contributed by atoms with E-state index in [9.17, 15) is 9.59 Å². The van der Waals surface area contributed by atoms with Crippen LogP contribution in [0.5, 0.6) is 0 Å². The monoisotopic (exact) mass is 382 g/mol. The molecule has 10 heteroatoms. The van der Waals surface area contributed by atoms with Gasteiger partial charge in [-0.1, -0.05) is 0 Å². The van der Waals surface area contributed by atoms with Crippen molar-refractivity contribution in [3.8, 4) is 0 Å². The summed E-state index contributed by atoms with van der Waals surface area (Å²) in [4.78, 5) is 23.0. The Bertz CT molecular complexity index is 321. The molecule has 0 aliphatic heterocycles. The minimum Gasteiger partial charge on any atom is -0.466 e. The molecule has 0 heterocycles. The first kappa shape index (κ1) is 24.7. The van der Waals surface area contributed by atoms with Gasteiger partial charge in [0.05, 0.1) is 39.3 Å². The van der Waals surface area contributed by atoms with Crippen LogP contribution in [0.15, 0.2) is 0 Å².